The molecule has 0 aromatic heterocycles. The molecule has 0 nitrogen and oxygen atoms in total. The Kier molecular flexibility index (Phi) is 3.18. The van der Waals surface area contributed by atoms with E-state index in [9.17, 15) is 8.78 Å². The Hall–Kier alpha value is -1.18. The highest BCUT2D eigenvalue weighted by Gasteiger charge is 2.02. The van der Waals surface area contributed by atoms with Gasteiger partial charge in [-0.05, 0) is 36.6 Å². The van der Waals surface area contributed by atoms with Crippen molar-refractivity contribution in [3.05, 3.63) is 41.5 Å². The second-order valence-corrected chi connectivity index (χ2v) is 2.83. The number of allylic oxidation sites excluding steroid dienone is 2. The van der Waals surface area contributed by atoms with E-state index in [1.165, 1.54) is 12.1 Å². The van der Waals surface area contributed by atoms with Crippen LogP contribution in [0.2, 0.25) is 0 Å². The van der Waals surface area contributed by atoms with Crippen LogP contribution in [-0.4, -0.2) is 0 Å². The molecule has 0 atom stereocenters. The van der Waals surface area contributed by atoms with Crippen LogP contribution >= 0.6 is 0 Å². The summed E-state index contributed by atoms with van der Waals surface area (Å²) in [6, 6.07) is 3.58. The molecule has 1 rings (SSSR count). The number of rotatable bonds is 2. The third kappa shape index (κ3) is 2.38. The van der Waals surface area contributed by atoms with Gasteiger partial charge in [-0.2, -0.15) is 0 Å². The fourth-order valence-electron chi connectivity index (χ4n) is 1.31. The molecule has 0 aliphatic carbocycles. The molecule has 1 aromatic carbocycles. The van der Waals surface area contributed by atoms with E-state index in [4.69, 9.17) is 0 Å². The zero-order valence-corrected chi connectivity index (χ0v) is 7.77. The van der Waals surface area contributed by atoms with Gasteiger partial charge in [0.05, 0.1) is 0 Å². The van der Waals surface area contributed by atoms with Crippen molar-refractivity contribution in [1.82, 2.24) is 0 Å². The minimum Gasteiger partial charge on any atom is -0.207 e. The monoisotopic (exact) mass is 182 g/mol. The van der Waals surface area contributed by atoms with Crippen molar-refractivity contribution in [2.45, 2.75) is 20.3 Å². The average molecular weight is 182 g/mol. The van der Waals surface area contributed by atoms with E-state index in [2.05, 4.69) is 0 Å². The third-order valence-electron chi connectivity index (χ3n) is 1.96. The molecule has 0 radical (unpaired) electrons. The van der Waals surface area contributed by atoms with E-state index in [1.54, 1.807) is 0 Å². The molecule has 0 unspecified atom stereocenters. The molecule has 2 heteroatoms. The SMILES string of the molecule is C/C=C(\CC)c1cc(F)cc(F)c1. The quantitative estimate of drug-likeness (QED) is 0.653. The van der Waals surface area contributed by atoms with Crippen molar-refractivity contribution in [3.8, 4) is 0 Å². The lowest BCUT2D eigenvalue weighted by molar-refractivity contribution is 0.582. The molecule has 70 valence electrons. The molecule has 0 bridgehead atoms. The smallest absolute Gasteiger partial charge is 0.126 e. The first kappa shape index (κ1) is 9.90. The Balaban J connectivity index is 3.14. The molecule has 0 aliphatic rings. The normalized spacial score (nSPS) is 11.8. The Labute approximate surface area is 76.9 Å². The third-order valence-corrected chi connectivity index (χ3v) is 1.96. The summed E-state index contributed by atoms with van der Waals surface area (Å²) in [7, 11) is 0. The standard InChI is InChI=1S/C11H12F2/c1-3-8(4-2)9-5-10(12)7-11(13)6-9/h3,5-7H,4H2,1-2H3/b8-3+. The lowest BCUT2D eigenvalue weighted by Crippen LogP contribution is -1.87. The van der Waals surface area contributed by atoms with Crippen LogP contribution in [0.15, 0.2) is 24.3 Å². The predicted molar refractivity (Wildman–Crippen MR) is 50.3 cm³/mol. The summed E-state index contributed by atoms with van der Waals surface area (Å²) in [6.45, 7) is 3.82. The van der Waals surface area contributed by atoms with Crippen LogP contribution in [0.5, 0.6) is 0 Å². The van der Waals surface area contributed by atoms with Crippen molar-refractivity contribution in [2.75, 3.05) is 0 Å². The van der Waals surface area contributed by atoms with E-state index >= 15 is 0 Å². The van der Waals surface area contributed by atoms with Crippen LogP contribution in [-0.2, 0) is 0 Å². The van der Waals surface area contributed by atoms with Gasteiger partial charge in [0.25, 0.3) is 0 Å². The molecule has 0 spiro atoms. The van der Waals surface area contributed by atoms with E-state index in [1.807, 2.05) is 19.9 Å². The van der Waals surface area contributed by atoms with Gasteiger partial charge in [0.15, 0.2) is 0 Å². The summed E-state index contributed by atoms with van der Waals surface area (Å²) in [5, 5.41) is 0. The highest BCUT2D eigenvalue weighted by Crippen LogP contribution is 2.19. The van der Waals surface area contributed by atoms with E-state index < -0.39 is 11.6 Å². The van der Waals surface area contributed by atoms with Gasteiger partial charge >= 0.3 is 0 Å². The average Bonchev–Trinajstić information content (AvgIpc) is 2.04. The maximum absolute atomic E-state index is 12.8. The Morgan fingerprint density at radius 2 is 1.77 bits per heavy atom. The summed E-state index contributed by atoms with van der Waals surface area (Å²) in [5.74, 6) is -1.05. The summed E-state index contributed by atoms with van der Waals surface area (Å²) >= 11 is 0. The van der Waals surface area contributed by atoms with Gasteiger partial charge in [-0.1, -0.05) is 13.0 Å². The van der Waals surface area contributed by atoms with Crippen LogP contribution in [0.3, 0.4) is 0 Å². The van der Waals surface area contributed by atoms with E-state index in [0.717, 1.165) is 18.1 Å². The number of halogens is 2. The minimum absolute atomic E-state index is 0.525. The molecule has 0 saturated heterocycles. The largest absolute Gasteiger partial charge is 0.207 e. The first-order valence-corrected chi connectivity index (χ1v) is 4.29. The Morgan fingerprint density at radius 1 is 1.23 bits per heavy atom. The number of hydrogen-bond donors (Lipinski definition) is 0. The van der Waals surface area contributed by atoms with Gasteiger partial charge in [-0.3, -0.25) is 0 Å². The summed E-state index contributed by atoms with van der Waals surface area (Å²) in [4.78, 5) is 0. The second-order valence-electron chi connectivity index (χ2n) is 2.83. The van der Waals surface area contributed by atoms with Gasteiger partial charge in [-0.25, -0.2) is 8.78 Å². The fourth-order valence-corrected chi connectivity index (χ4v) is 1.31. The van der Waals surface area contributed by atoms with Crippen LogP contribution < -0.4 is 0 Å². The molecule has 13 heavy (non-hydrogen) atoms. The van der Waals surface area contributed by atoms with Crippen molar-refractivity contribution >= 4 is 5.57 Å². The Bertz CT molecular complexity index is 307. The van der Waals surface area contributed by atoms with Crippen LogP contribution in [0, 0.1) is 11.6 Å². The predicted octanol–water partition coefficient (Wildman–Crippen LogP) is 3.78. The summed E-state index contributed by atoms with van der Waals surface area (Å²) in [6.07, 6.45) is 2.65. The maximum atomic E-state index is 12.8. The molecular formula is C11H12F2. The lowest BCUT2D eigenvalue weighted by atomic mass is 10.0. The maximum Gasteiger partial charge on any atom is 0.126 e. The number of benzene rings is 1. The van der Waals surface area contributed by atoms with E-state index in [0.29, 0.717) is 5.56 Å². The molecule has 0 N–H and O–H groups in total. The lowest BCUT2D eigenvalue weighted by Gasteiger charge is -2.04. The molecule has 0 heterocycles. The van der Waals surface area contributed by atoms with Gasteiger partial charge in [-0.15, -0.1) is 0 Å². The van der Waals surface area contributed by atoms with Crippen LogP contribution in [0.25, 0.3) is 5.57 Å². The summed E-state index contributed by atoms with van der Waals surface area (Å²) in [5.41, 5.74) is 1.58. The van der Waals surface area contributed by atoms with Crippen molar-refractivity contribution in [3.63, 3.8) is 0 Å². The van der Waals surface area contributed by atoms with E-state index in [-0.39, 0.29) is 0 Å². The Morgan fingerprint density at radius 3 is 2.15 bits per heavy atom. The fraction of sp³-hybridized carbons (Fsp3) is 0.273. The first-order chi connectivity index (χ1) is 6.17. The topological polar surface area (TPSA) is 0 Å². The zero-order chi connectivity index (χ0) is 9.84. The summed E-state index contributed by atoms with van der Waals surface area (Å²) < 4.78 is 25.6. The van der Waals surface area contributed by atoms with Crippen molar-refractivity contribution in [1.29, 1.82) is 0 Å². The zero-order valence-electron chi connectivity index (χ0n) is 7.77. The van der Waals surface area contributed by atoms with Gasteiger partial charge in [0, 0.05) is 6.07 Å². The van der Waals surface area contributed by atoms with Gasteiger partial charge in [0.1, 0.15) is 11.6 Å². The molecule has 0 saturated carbocycles. The molecule has 1 aromatic rings. The first-order valence-electron chi connectivity index (χ1n) is 4.29. The number of hydrogen-bond acceptors (Lipinski definition) is 0. The van der Waals surface area contributed by atoms with Crippen molar-refractivity contribution < 1.29 is 8.78 Å². The molecule has 0 amide bonds. The van der Waals surface area contributed by atoms with Crippen molar-refractivity contribution in [2.24, 2.45) is 0 Å². The highest BCUT2D eigenvalue weighted by atomic mass is 19.1. The molecule has 0 aliphatic heterocycles. The van der Waals surface area contributed by atoms with Crippen LogP contribution in [0.4, 0.5) is 8.78 Å². The molecular weight excluding hydrogens is 170 g/mol. The minimum atomic E-state index is -0.525. The van der Waals surface area contributed by atoms with Gasteiger partial charge < -0.3 is 0 Å². The second kappa shape index (κ2) is 4.17. The highest BCUT2D eigenvalue weighted by molar-refractivity contribution is 5.64. The van der Waals surface area contributed by atoms with Crippen LogP contribution in [0.1, 0.15) is 25.8 Å². The van der Waals surface area contributed by atoms with Gasteiger partial charge in [0.2, 0.25) is 0 Å². The molecule has 0 fully saturated rings.